The standard InChI is InChI=1S/C21H23N3O3/c1-15(25)22-12-11-20(26)23-18-9-10-19-17(14-18)8-5-13-24(19)21(27)16-6-3-2-4-7-16/h2-4,6-7,9-10,14H,5,8,11-13H2,1H3,(H,22,25)(H,23,26). The highest BCUT2D eigenvalue weighted by Gasteiger charge is 2.23. The molecule has 0 saturated heterocycles. The Bertz CT molecular complexity index is 849. The van der Waals surface area contributed by atoms with Gasteiger partial charge in [-0.15, -0.1) is 0 Å². The van der Waals surface area contributed by atoms with Gasteiger partial charge in [0.05, 0.1) is 0 Å². The van der Waals surface area contributed by atoms with Gasteiger partial charge in [-0.3, -0.25) is 14.4 Å². The first-order valence-corrected chi connectivity index (χ1v) is 9.09. The predicted molar refractivity (Wildman–Crippen MR) is 105 cm³/mol. The predicted octanol–water partition coefficient (Wildman–Crippen LogP) is 2.74. The van der Waals surface area contributed by atoms with Gasteiger partial charge in [0.15, 0.2) is 0 Å². The van der Waals surface area contributed by atoms with E-state index in [1.54, 1.807) is 4.90 Å². The van der Waals surface area contributed by atoms with Gasteiger partial charge in [0.25, 0.3) is 5.91 Å². The van der Waals surface area contributed by atoms with E-state index in [0.717, 1.165) is 24.1 Å². The molecule has 0 aliphatic carbocycles. The van der Waals surface area contributed by atoms with Gasteiger partial charge in [0.1, 0.15) is 0 Å². The fraction of sp³-hybridized carbons (Fsp3) is 0.286. The number of anilines is 2. The number of nitrogens with zero attached hydrogens (tertiary/aromatic N) is 1. The fourth-order valence-corrected chi connectivity index (χ4v) is 3.20. The molecular weight excluding hydrogens is 342 g/mol. The second-order valence-corrected chi connectivity index (χ2v) is 6.55. The van der Waals surface area contributed by atoms with Gasteiger partial charge in [-0.05, 0) is 48.7 Å². The quantitative estimate of drug-likeness (QED) is 0.855. The number of amides is 3. The molecule has 0 saturated carbocycles. The molecule has 2 aromatic rings. The van der Waals surface area contributed by atoms with Crippen molar-refractivity contribution in [2.75, 3.05) is 23.3 Å². The molecule has 2 N–H and O–H groups in total. The van der Waals surface area contributed by atoms with Crippen LogP contribution < -0.4 is 15.5 Å². The molecule has 0 unspecified atom stereocenters. The maximum atomic E-state index is 12.8. The summed E-state index contributed by atoms with van der Waals surface area (Å²) < 4.78 is 0. The molecule has 0 radical (unpaired) electrons. The summed E-state index contributed by atoms with van der Waals surface area (Å²) in [5.41, 5.74) is 3.31. The summed E-state index contributed by atoms with van der Waals surface area (Å²) in [6, 6.07) is 14.9. The highest BCUT2D eigenvalue weighted by atomic mass is 16.2. The molecule has 3 rings (SSSR count). The van der Waals surface area contributed by atoms with Crippen molar-refractivity contribution < 1.29 is 14.4 Å². The van der Waals surface area contributed by atoms with Crippen molar-refractivity contribution in [3.63, 3.8) is 0 Å². The number of benzene rings is 2. The molecule has 0 spiro atoms. The fourth-order valence-electron chi connectivity index (χ4n) is 3.20. The topological polar surface area (TPSA) is 78.5 Å². The lowest BCUT2D eigenvalue weighted by atomic mass is 10.00. The minimum absolute atomic E-state index is 0.0105. The third kappa shape index (κ3) is 4.73. The highest BCUT2D eigenvalue weighted by Crippen LogP contribution is 2.30. The summed E-state index contributed by atoms with van der Waals surface area (Å²) in [7, 11) is 0. The molecule has 0 fully saturated rings. The number of carbonyl (C=O) groups excluding carboxylic acids is 3. The minimum atomic E-state index is -0.156. The molecule has 0 aromatic heterocycles. The zero-order chi connectivity index (χ0) is 19.2. The van der Waals surface area contributed by atoms with Crippen molar-refractivity contribution in [2.45, 2.75) is 26.2 Å². The van der Waals surface area contributed by atoms with E-state index in [1.807, 2.05) is 48.5 Å². The smallest absolute Gasteiger partial charge is 0.258 e. The van der Waals surface area contributed by atoms with E-state index in [-0.39, 0.29) is 24.1 Å². The Morgan fingerprint density at radius 1 is 1.07 bits per heavy atom. The summed E-state index contributed by atoms with van der Waals surface area (Å²) >= 11 is 0. The van der Waals surface area contributed by atoms with E-state index in [0.29, 0.717) is 24.3 Å². The number of fused-ring (bicyclic) bond motifs is 1. The van der Waals surface area contributed by atoms with E-state index in [2.05, 4.69) is 10.6 Å². The molecule has 140 valence electrons. The molecule has 6 heteroatoms. The average Bonchev–Trinajstić information content (AvgIpc) is 2.67. The molecule has 0 bridgehead atoms. The van der Waals surface area contributed by atoms with Crippen LogP contribution in [0.25, 0.3) is 0 Å². The molecular formula is C21H23N3O3. The van der Waals surface area contributed by atoms with Crippen LogP contribution in [0.15, 0.2) is 48.5 Å². The van der Waals surface area contributed by atoms with Crippen molar-refractivity contribution in [1.29, 1.82) is 0 Å². The van der Waals surface area contributed by atoms with E-state index in [4.69, 9.17) is 0 Å². The summed E-state index contributed by atoms with van der Waals surface area (Å²) in [5.74, 6) is -0.319. The Labute approximate surface area is 158 Å². The Balaban J connectivity index is 1.70. The van der Waals surface area contributed by atoms with Gasteiger partial charge in [-0.1, -0.05) is 18.2 Å². The van der Waals surface area contributed by atoms with Gasteiger partial charge < -0.3 is 15.5 Å². The summed E-state index contributed by atoms with van der Waals surface area (Å²) in [6.45, 7) is 2.42. The molecule has 2 aromatic carbocycles. The number of rotatable bonds is 5. The first kappa shape index (κ1) is 18.6. The molecule has 6 nitrogen and oxygen atoms in total. The van der Waals surface area contributed by atoms with Gasteiger partial charge in [0, 0.05) is 43.4 Å². The van der Waals surface area contributed by atoms with Gasteiger partial charge >= 0.3 is 0 Å². The first-order valence-electron chi connectivity index (χ1n) is 9.09. The first-order chi connectivity index (χ1) is 13.0. The van der Waals surface area contributed by atoms with Crippen LogP contribution in [0.3, 0.4) is 0 Å². The Morgan fingerprint density at radius 2 is 1.85 bits per heavy atom. The van der Waals surface area contributed by atoms with E-state index in [9.17, 15) is 14.4 Å². The SMILES string of the molecule is CC(=O)NCCC(=O)Nc1ccc2c(c1)CCCN2C(=O)c1ccccc1. The number of hydrogen-bond acceptors (Lipinski definition) is 3. The second-order valence-electron chi connectivity index (χ2n) is 6.55. The van der Waals surface area contributed by atoms with Crippen molar-refractivity contribution >= 4 is 29.1 Å². The van der Waals surface area contributed by atoms with E-state index < -0.39 is 0 Å². The molecule has 1 heterocycles. The molecule has 3 amide bonds. The molecule has 1 aliphatic rings. The molecule has 27 heavy (non-hydrogen) atoms. The Morgan fingerprint density at radius 3 is 2.59 bits per heavy atom. The number of aryl methyl sites for hydroxylation is 1. The largest absolute Gasteiger partial charge is 0.356 e. The number of hydrogen-bond donors (Lipinski definition) is 2. The number of carbonyl (C=O) groups is 3. The van der Waals surface area contributed by atoms with E-state index in [1.165, 1.54) is 6.92 Å². The van der Waals surface area contributed by atoms with Crippen LogP contribution in [-0.4, -0.2) is 30.8 Å². The third-order valence-electron chi connectivity index (χ3n) is 4.47. The number of nitrogens with one attached hydrogen (secondary N) is 2. The Kier molecular flexibility index (Phi) is 5.86. The average molecular weight is 365 g/mol. The maximum Gasteiger partial charge on any atom is 0.258 e. The van der Waals surface area contributed by atoms with Crippen molar-refractivity contribution in [3.8, 4) is 0 Å². The monoisotopic (exact) mass is 365 g/mol. The van der Waals surface area contributed by atoms with Crippen molar-refractivity contribution in [1.82, 2.24) is 5.32 Å². The molecule has 1 aliphatic heterocycles. The zero-order valence-electron chi connectivity index (χ0n) is 15.3. The van der Waals surface area contributed by atoms with Gasteiger partial charge in [-0.25, -0.2) is 0 Å². The van der Waals surface area contributed by atoms with Crippen LogP contribution >= 0.6 is 0 Å². The molecule has 0 atom stereocenters. The van der Waals surface area contributed by atoms with Crippen LogP contribution in [0, 0.1) is 0 Å². The van der Waals surface area contributed by atoms with Gasteiger partial charge in [-0.2, -0.15) is 0 Å². The van der Waals surface area contributed by atoms with Crippen molar-refractivity contribution in [2.24, 2.45) is 0 Å². The van der Waals surface area contributed by atoms with Crippen LogP contribution in [0.2, 0.25) is 0 Å². The summed E-state index contributed by atoms with van der Waals surface area (Å²) in [5, 5.41) is 5.45. The van der Waals surface area contributed by atoms with Crippen LogP contribution in [-0.2, 0) is 16.0 Å². The third-order valence-corrected chi connectivity index (χ3v) is 4.47. The minimum Gasteiger partial charge on any atom is -0.356 e. The second kappa shape index (κ2) is 8.49. The van der Waals surface area contributed by atoms with Crippen LogP contribution in [0.5, 0.6) is 0 Å². The highest BCUT2D eigenvalue weighted by molar-refractivity contribution is 6.07. The lowest BCUT2D eigenvalue weighted by Crippen LogP contribution is -2.35. The normalized spacial score (nSPS) is 12.9. The maximum absolute atomic E-state index is 12.8. The van der Waals surface area contributed by atoms with Crippen molar-refractivity contribution in [3.05, 3.63) is 59.7 Å². The van der Waals surface area contributed by atoms with E-state index >= 15 is 0 Å². The zero-order valence-corrected chi connectivity index (χ0v) is 15.3. The summed E-state index contributed by atoms with van der Waals surface area (Å²) in [4.78, 5) is 37.5. The van der Waals surface area contributed by atoms with Crippen LogP contribution in [0.4, 0.5) is 11.4 Å². The lowest BCUT2D eigenvalue weighted by Gasteiger charge is -2.30. The lowest BCUT2D eigenvalue weighted by molar-refractivity contribution is -0.119. The Hall–Kier alpha value is -3.15. The van der Waals surface area contributed by atoms with Gasteiger partial charge in [0.2, 0.25) is 11.8 Å². The summed E-state index contributed by atoms with van der Waals surface area (Å²) in [6.07, 6.45) is 1.96. The van der Waals surface area contributed by atoms with Crippen LogP contribution in [0.1, 0.15) is 35.7 Å².